The molecule has 0 unspecified atom stereocenters. The van der Waals surface area contributed by atoms with Crippen LogP contribution in [0, 0.1) is 0 Å². The Morgan fingerprint density at radius 3 is 1.53 bits per heavy atom. The van der Waals surface area contributed by atoms with Crippen LogP contribution in [0.2, 0.25) is 0 Å². The largest absolute Gasteiger partial charge is 0.466 e. The standard InChI is InChI=1S/C10H11F7O2/c1-3-18-7(19-4-2)5-6(11)8(9(12,13)14)10(15,16)17/h5H,3-4H2,1-2H3. The van der Waals surface area contributed by atoms with Crippen LogP contribution in [0.4, 0.5) is 30.7 Å². The molecule has 0 N–H and O–H groups in total. The van der Waals surface area contributed by atoms with Gasteiger partial charge in [0.05, 0.1) is 19.3 Å². The molecule has 0 radical (unpaired) electrons. The van der Waals surface area contributed by atoms with Crippen LogP contribution in [0.15, 0.2) is 23.4 Å². The minimum Gasteiger partial charge on any atom is -0.466 e. The van der Waals surface area contributed by atoms with E-state index < -0.39 is 29.7 Å². The van der Waals surface area contributed by atoms with E-state index in [1.165, 1.54) is 13.8 Å². The number of halogens is 7. The fourth-order valence-electron chi connectivity index (χ4n) is 1.02. The van der Waals surface area contributed by atoms with Gasteiger partial charge in [-0.3, -0.25) is 0 Å². The van der Waals surface area contributed by atoms with Gasteiger partial charge in [-0.05, 0) is 13.8 Å². The molecular weight excluding hydrogens is 285 g/mol. The number of allylic oxidation sites excluding steroid dienone is 3. The average Bonchev–Trinajstić information content (AvgIpc) is 2.12. The second-order valence-electron chi connectivity index (χ2n) is 3.05. The Balaban J connectivity index is 5.64. The summed E-state index contributed by atoms with van der Waals surface area (Å²) in [5.74, 6) is -3.27. The van der Waals surface area contributed by atoms with E-state index in [4.69, 9.17) is 0 Å². The second kappa shape index (κ2) is 6.67. The highest BCUT2D eigenvalue weighted by Gasteiger charge is 2.53. The quantitative estimate of drug-likeness (QED) is 0.429. The lowest BCUT2D eigenvalue weighted by molar-refractivity contribution is -0.174. The maximum atomic E-state index is 13.2. The molecular formula is C10H11F7O2. The SMILES string of the molecule is CCOC(=CC(F)=C(C(F)(F)F)C(F)(F)F)OCC. The zero-order chi connectivity index (χ0) is 15.3. The zero-order valence-corrected chi connectivity index (χ0v) is 9.95. The van der Waals surface area contributed by atoms with Crippen molar-refractivity contribution in [2.75, 3.05) is 13.2 Å². The maximum Gasteiger partial charge on any atom is 0.424 e. The molecule has 0 aliphatic carbocycles. The molecule has 0 aromatic heterocycles. The first-order chi connectivity index (χ1) is 8.54. The third kappa shape index (κ3) is 5.84. The molecule has 0 saturated carbocycles. The molecule has 19 heavy (non-hydrogen) atoms. The molecule has 0 bridgehead atoms. The van der Waals surface area contributed by atoms with Gasteiger partial charge < -0.3 is 9.47 Å². The zero-order valence-electron chi connectivity index (χ0n) is 9.95. The van der Waals surface area contributed by atoms with Crippen molar-refractivity contribution in [2.45, 2.75) is 26.2 Å². The van der Waals surface area contributed by atoms with Crippen molar-refractivity contribution in [3.8, 4) is 0 Å². The Hall–Kier alpha value is -1.41. The molecule has 0 aromatic rings. The topological polar surface area (TPSA) is 18.5 Å². The Bertz CT molecular complexity index is 328. The van der Waals surface area contributed by atoms with Crippen LogP contribution in [-0.4, -0.2) is 25.6 Å². The van der Waals surface area contributed by atoms with Crippen molar-refractivity contribution in [1.82, 2.24) is 0 Å². The van der Waals surface area contributed by atoms with Gasteiger partial charge >= 0.3 is 12.4 Å². The average molecular weight is 296 g/mol. The van der Waals surface area contributed by atoms with Gasteiger partial charge in [0.2, 0.25) is 0 Å². The molecule has 0 heterocycles. The fourth-order valence-corrected chi connectivity index (χ4v) is 1.02. The Labute approximate surface area is 104 Å². The molecule has 112 valence electrons. The molecule has 0 aliphatic rings. The van der Waals surface area contributed by atoms with Crippen LogP contribution in [-0.2, 0) is 9.47 Å². The highest BCUT2D eigenvalue weighted by atomic mass is 19.4. The Morgan fingerprint density at radius 2 is 1.26 bits per heavy atom. The third-order valence-electron chi connectivity index (χ3n) is 1.62. The fraction of sp³-hybridized carbons (Fsp3) is 0.600. The predicted molar refractivity (Wildman–Crippen MR) is 51.6 cm³/mol. The molecule has 0 fully saturated rings. The normalized spacial score (nSPS) is 11.8. The van der Waals surface area contributed by atoms with E-state index in [1.54, 1.807) is 0 Å². The minimum absolute atomic E-state index is 0.0800. The first-order valence-corrected chi connectivity index (χ1v) is 5.05. The van der Waals surface area contributed by atoms with Crippen LogP contribution in [0.3, 0.4) is 0 Å². The van der Waals surface area contributed by atoms with Gasteiger partial charge in [-0.15, -0.1) is 0 Å². The molecule has 0 spiro atoms. The summed E-state index contributed by atoms with van der Waals surface area (Å²) in [6.45, 7) is 2.60. The summed E-state index contributed by atoms with van der Waals surface area (Å²) in [6.07, 6.45) is -11.8. The van der Waals surface area contributed by atoms with Gasteiger partial charge in [-0.1, -0.05) is 0 Å². The monoisotopic (exact) mass is 296 g/mol. The van der Waals surface area contributed by atoms with Gasteiger partial charge in [0, 0.05) is 0 Å². The summed E-state index contributed by atoms with van der Waals surface area (Å²) in [5.41, 5.74) is -3.24. The Morgan fingerprint density at radius 1 is 0.895 bits per heavy atom. The van der Waals surface area contributed by atoms with Crippen LogP contribution in [0.5, 0.6) is 0 Å². The summed E-state index contributed by atoms with van der Waals surface area (Å²) in [5, 5.41) is 0. The van der Waals surface area contributed by atoms with E-state index in [9.17, 15) is 30.7 Å². The number of ether oxygens (including phenoxy) is 2. The number of rotatable bonds is 5. The van der Waals surface area contributed by atoms with Gasteiger partial charge in [0.15, 0.2) is 5.57 Å². The number of hydrogen-bond acceptors (Lipinski definition) is 2. The van der Waals surface area contributed by atoms with E-state index in [2.05, 4.69) is 9.47 Å². The van der Waals surface area contributed by atoms with Crippen LogP contribution < -0.4 is 0 Å². The summed E-state index contributed by atoms with van der Waals surface area (Å²) in [4.78, 5) is 0. The molecule has 0 aromatic carbocycles. The van der Waals surface area contributed by atoms with Crippen molar-refractivity contribution in [3.63, 3.8) is 0 Å². The lowest BCUT2D eigenvalue weighted by atomic mass is 10.2. The molecule has 0 rings (SSSR count). The van der Waals surface area contributed by atoms with Gasteiger partial charge in [-0.25, -0.2) is 4.39 Å². The molecule has 0 aliphatic heterocycles. The first-order valence-electron chi connectivity index (χ1n) is 5.05. The van der Waals surface area contributed by atoms with Crippen molar-refractivity contribution in [3.05, 3.63) is 23.4 Å². The van der Waals surface area contributed by atoms with E-state index in [0.29, 0.717) is 0 Å². The van der Waals surface area contributed by atoms with E-state index >= 15 is 0 Å². The molecule has 0 saturated heterocycles. The molecule has 0 atom stereocenters. The summed E-state index contributed by atoms with van der Waals surface area (Å²) in [6, 6.07) is 0. The van der Waals surface area contributed by atoms with Crippen LogP contribution in [0.1, 0.15) is 13.8 Å². The van der Waals surface area contributed by atoms with E-state index in [0.717, 1.165) is 0 Å². The summed E-state index contributed by atoms with van der Waals surface area (Å²) >= 11 is 0. The van der Waals surface area contributed by atoms with E-state index in [-0.39, 0.29) is 19.3 Å². The van der Waals surface area contributed by atoms with Crippen LogP contribution in [0.25, 0.3) is 0 Å². The smallest absolute Gasteiger partial charge is 0.424 e. The highest BCUT2D eigenvalue weighted by Crippen LogP contribution is 2.41. The number of alkyl halides is 6. The van der Waals surface area contributed by atoms with Crippen molar-refractivity contribution < 1.29 is 40.2 Å². The lowest BCUT2D eigenvalue weighted by Gasteiger charge is -2.15. The second-order valence-corrected chi connectivity index (χ2v) is 3.05. The van der Waals surface area contributed by atoms with Crippen LogP contribution >= 0.6 is 0 Å². The third-order valence-corrected chi connectivity index (χ3v) is 1.62. The lowest BCUT2D eigenvalue weighted by Crippen LogP contribution is -2.27. The van der Waals surface area contributed by atoms with Gasteiger partial charge in [0.25, 0.3) is 5.95 Å². The Kier molecular flexibility index (Phi) is 6.17. The van der Waals surface area contributed by atoms with Gasteiger partial charge in [-0.2, -0.15) is 26.3 Å². The predicted octanol–water partition coefficient (Wildman–Crippen LogP) is 4.25. The summed E-state index contributed by atoms with van der Waals surface area (Å²) in [7, 11) is 0. The van der Waals surface area contributed by atoms with Crippen molar-refractivity contribution in [1.29, 1.82) is 0 Å². The molecule has 2 nitrogen and oxygen atoms in total. The van der Waals surface area contributed by atoms with Crippen molar-refractivity contribution in [2.24, 2.45) is 0 Å². The molecule has 9 heteroatoms. The minimum atomic E-state index is -5.87. The maximum absolute atomic E-state index is 13.2. The first kappa shape index (κ1) is 17.6. The highest BCUT2D eigenvalue weighted by molar-refractivity contribution is 5.27. The molecule has 0 amide bonds. The number of hydrogen-bond donors (Lipinski definition) is 0. The van der Waals surface area contributed by atoms with E-state index in [1.807, 2.05) is 0 Å². The van der Waals surface area contributed by atoms with Crippen molar-refractivity contribution >= 4 is 0 Å². The summed E-state index contributed by atoms with van der Waals surface area (Å²) < 4.78 is 95.2. The van der Waals surface area contributed by atoms with Gasteiger partial charge in [0.1, 0.15) is 5.83 Å².